The van der Waals surface area contributed by atoms with Crippen LogP contribution in [-0.4, -0.2) is 59.8 Å². The molecule has 2 aromatic heterocycles. The third-order valence-corrected chi connectivity index (χ3v) is 4.17. The van der Waals surface area contributed by atoms with Crippen LogP contribution in [0.2, 0.25) is 0 Å². The van der Waals surface area contributed by atoms with E-state index >= 15 is 0 Å². The third kappa shape index (κ3) is 1.82. The Bertz CT molecular complexity index is 737. The number of nitrogens with zero attached hydrogens (tertiary/aromatic N) is 3. The Morgan fingerprint density at radius 3 is 2.77 bits per heavy atom. The lowest BCUT2D eigenvalue weighted by Crippen LogP contribution is -2.50. The van der Waals surface area contributed by atoms with Gasteiger partial charge in [-0.25, -0.2) is 9.50 Å². The van der Waals surface area contributed by atoms with Gasteiger partial charge in [-0.05, 0) is 12.1 Å². The minimum Gasteiger partial charge on any atom is -0.394 e. The molecule has 3 heterocycles. The molecule has 0 amide bonds. The number of hydrogen-bond donors (Lipinski definition) is 5. The second-order valence-electron chi connectivity index (χ2n) is 5.04. The molecule has 0 aliphatic carbocycles. The van der Waals surface area contributed by atoms with Crippen molar-refractivity contribution in [2.45, 2.75) is 23.9 Å². The van der Waals surface area contributed by atoms with E-state index in [9.17, 15) is 15.3 Å². The summed E-state index contributed by atoms with van der Waals surface area (Å²) in [6.07, 6.45) is -2.60. The van der Waals surface area contributed by atoms with Crippen LogP contribution in [0.1, 0.15) is 5.69 Å². The van der Waals surface area contributed by atoms with Crippen molar-refractivity contribution in [3.63, 3.8) is 0 Å². The van der Waals surface area contributed by atoms with Crippen molar-refractivity contribution in [3.8, 4) is 0 Å². The monoisotopic (exact) mass is 325 g/mol. The number of hydrogen-bond acceptors (Lipinski definition) is 8. The van der Waals surface area contributed by atoms with Gasteiger partial charge in [0.15, 0.2) is 11.4 Å². The zero-order chi connectivity index (χ0) is 16.1. The van der Waals surface area contributed by atoms with Gasteiger partial charge in [-0.3, -0.25) is 0 Å². The van der Waals surface area contributed by atoms with Crippen LogP contribution in [0.5, 0.6) is 0 Å². The van der Waals surface area contributed by atoms with Gasteiger partial charge in [-0.1, -0.05) is 12.2 Å². The number of aromatic nitrogens is 3. The number of nitrogens with two attached hydrogens (primary N) is 2. The zero-order valence-corrected chi connectivity index (χ0v) is 12.1. The Morgan fingerprint density at radius 2 is 2.18 bits per heavy atom. The van der Waals surface area contributed by atoms with Crippen molar-refractivity contribution in [1.29, 1.82) is 0 Å². The molecule has 3 rings (SSSR count). The maximum atomic E-state index is 10.4. The average Bonchev–Trinajstić information content (AvgIpc) is 3.02. The summed E-state index contributed by atoms with van der Waals surface area (Å²) in [4.78, 5) is 3.68. The highest BCUT2D eigenvalue weighted by Crippen LogP contribution is 2.41. The molecule has 2 aromatic rings. The topological polar surface area (TPSA) is 152 Å². The normalized spacial score (nSPS) is 31.7. The quantitative estimate of drug-likeness (QED) is 0.400. The highest BCUT2D eigenvalue weighted by atomic mass is 32.1. The Labute approximate surface area is 130 Å². The second-order valence-corrected chi connectivity index (χ2v) is 5.47. The van der Waals surface area contributed by atoms with E-state index in [-0.39, 0.29) is 10.8 Å². The summed E-state index contributed by atoms with van der Waals surface area (Å²) >= 11 is 5.05. The molecule has 7 N–H and O–H groups in total. The van der Waals surface area contributed by atoms with Crippen LogP contribution < -0.4 is 11.5 Å². The molecule has 1 fully saturated rings. The number of thiocarbonyl (C=S) groups is 1. The van der Waals surface area contributed by atoms with Gasteiger partial charge in [0.25, 0.3) is 0 Å². The number of anilines is 1. The highest BCUT2D eigenvalue weighted by molar-refractivity contribution is 7.80. The van der Waals surface area contributed by atoms with Gasteiger partial charge in [0, 0.05) is 0 Å². The molecule has 9 nitrogen and oxygen atoms in total. The van der Waals surface area contributed by atoms with E-state index in [1.54, 1.807) is 12.1 Å². The Hall–Kier alpha value is -1.85. The minimum absolute atomic E-state index is 0.188. The van der Waals surface area contributed by atoms with Crippen molar-refractivity contribution in [3.05, 3.63) is 24.2 Å². The molecular weight excluding hydrogens is 310 g/mol. The minimum atomic E-state index is -1.69. The molecule has 0 aromatic carbocycles. The summed E-state index contributed by atoms with van der Waals surface area (Å²) in [6.45, 7) is -0.497. The van der Waals surface area contributed by atoms with Crippen LogP contribution in [0.4, 0.5) is 5.82 Å². The summed E-state index contributed by atoms with van der Waals surface area (Å²) in [7, 11) is 0. The smallest absolute Gasteiger partial charge is 0.188 e. The zero-order valence-electron chi connectivity index (χ0n) is 11.3. The van der Waals surface area contributed by atoms with E-state index in [4.69, 9.17) is 28.4 Å². The first kappa shape index (κ1) is 15.1. The molecule has 0 saturated carbocycles. The van der Waals surface area contributed by atoms with E-state index in [1.807, 2.05) is 0 Å². The van der Waals surface area contributed by atoms with Crippen LogP contribution in [0.3, 0.4) is 0 Å². The fourth-order valence-electron chi connectivity index (χ4n) is 2.74. The number of rotatable bonds is 3. The molecule has 10 heteroatoms. The summed E-state index contributed by atoms with van der Waals surface area (Å²) in [5.74, 6) is 0.228. The van der Waals surface area contributed by atoms with E-state index in [0.717, 1.165) is 0 Å². The van der Waals surface area contributed by atoms with Crippen molar-refractivity contribution in [1.82, 2.24) is 14.6 Å². The summed E-state index contributed by atoms with van der Waals surface area (Å²) in [5.41, 5.74) is 10.7. The predicted molar refractivity (Wildman–Crippen MR) is 79.8 cm³/mol. The molecule has 1 aliphatic heterocycles. The first-order valence-electron chi connectivity index (χ1n) is 6.47. The maximum absolute atomic E-state index is 10.4. The fraction of sp³-hybridized carbons (Fsp3) is 0.417. The fourth-order valence-corrected chi connectivity index (χ4v) is 3.02. The number of nitrogen functional groups attached to an aromatic ring is 1. The van der Waals surface area contributed by atoms with Gasteiger partial charge in [-0.15, -0.1) is 0 Å². The Balaban J connectivity index is 2.24. The van der Waals surface area contributed by atoms with E-state index in [0.29, 0.717) is 11.2 Å². The number of aliphatic hydroxyl groups excluding tert-OH is 3. The molecule has 0 radical (unpaired) electrons. The SMILES string of the molecule is NC(=S)[C@@]1(c2ccc3c(N)ncnn23)O[C@H](CO)C(O)[C@@H]1O. The van der Waals surface area contributed by atoms with Crippen molar-refractivity contribution < 1.29 is 20.1 Å². The van der Waals surface area contributed by atoms with Crippen molar-refractivity contribution >= 4 is 28.5 Å². The van der Waals surface area contributed by atoms with Gasteiger partial charge >= 0.3 is 0 Å². The largest absolute Gasteiger partial charge is 0.394 e. The third-order valence-electron chi connectivity index (χ3n) is 3.87. The van der Waals surface area contributed by atoms with Gasteiger partial charge in [0.1, 0.15) is 35.1 Å². The first-order chi connectivity index (χ1) is 10.4. The van der Waals surface area contributed by atoms with Crippen LogP contribution in [0.25, 0.3) is 5.52 Å². The molecule has 1 unspecified atom stereocenters. The van der Waals surface area contributed by atoms with E-state index in [1.165, 1.54) is 10.8 Å². The Morgan fingerprint density at radius 1 is 1.45 bits per heavy atom. The van der Waals surface area contributed by atoms with Gasteiger partial charge in [0.05, 0.1) is 12.3 Å². The molecule has 1 saturated heterocycles. The average molecular weight is 325 g/mol. The van der Waals surface area contributed by atoms with Crippen molar-refractivity contribution in [2.75, 3.05) is 12.3 Å². The molecule has 4 atom stereocenters. The molecule has 1 aliphatic rings. The molecule has 22 heavy (non-hydrogen) atoms. The number of aliphatic hydroxyl groups is 3. The lowest BCUT2D eigenvalue weighted by molar-refractivity contribution is -0.0557. The molecule has 0 spiro atoms. The van der Waals surface area contributed by atoms with Crippen molar-refractivity contribution in [2.24, 2.45) is 5.73 Å². The molecule has 0 bridgehead atoms. The molecular formula is C12H15N5O4S. The predicted octanol–water partition coefficient (Wildman–Crippen LogP) is -2.09. The maximum Gasteiger partial charge on any atom is 0.188 e. The van der Waals surface area contributed by atoms with Gasteiger partial charge in [-0.2, -0.15) is 5.10 Å². The van der Waals surface area contributed by atoms with E-state index < -0.39 is 30.5 Å². The molecule has 118 valence electrons. The summed E-state index contributed by atoms with van der Waals surface area (Å²) in [6, 6.07) is 3.20. The standard InChI is InChI=1S/C12H15N5O4S/c13-10-5-1-2-7(17(5)16-4-15-10)12(11(14)22)9(20)8(19)6(3-18)21-12/h1-2,4,6,8-9,18-20H,3H2,(H2,14,22)(H2,13,15,16)/t6-,8?,9+,12+/m1/s1. The lowest BCUT2D eigenvalue weighted by atomic mass is 9.91. The number of ether oxygens (including phenoxy) is 1. The second kappa shape index (κ2) is 5.11. The van der Waals surface area contributed by atoms with Gasteiger partial charge in [0.2, 0.25) is 0 Å². The highest BCUT2D eigenvalue weighted by Gasteiger charge is 2.58. The van der Waals surface area contributed by atoms with Gasteiger partial charge < -0.3 is 31.5 Å². The lowest BCUT2D eigenvalue weighted by Gasteiger charge is -2.30. The van der Waals surface area contributed by atoms with E-state index in [2.05, 4.69) is 10.1 Å². The van der Waals surface area contributed by atoms with Crippen LogP contribution >= 0.6 is 12.2 Å². The number of fused-ring (bicyclic) bond motifs is 1. The van der Waals surface area contributed by atoms with Crippen LogP contribution in [-0.2, 0) is 10.3 Å². The Kier molecular flexibility index (Phi) is 3.50. The summed E-state index contributed by atoms with van der Waals surface area (Å²) < 4.78 is 7.02. The summed E-state index contributed by atoms with van der Waals surface area (Å²) in [5, 5.41) is 33.8. The van der Waals surface area contributed by atoms with Crippen LogP contribution in [0, 0.1) is 0 Å². The first-order valence-corrected chi connectivity index (χ1v) is 6.87. The van der Waals surface area contributed by atoms with Crippen LogP contribution in [0.15, 0.2) is 18.5 Å².